The minimum atomic E-state index is 0. The van der Waals surface area contributed by atoms with Crippen LogP contribution in [0.2, 0.25) is 0 Å². The standard InChI is InChI=1S/C5H4N.BrH.Mn/c1-2-4-6-5-3-1;;/h1-2,4-5H;1H;/q;;+1/p-1. The first kappa shape index (κ1) is 8.15. The van der Waals surface area contributed by atoms with Gasteiger partial charge in [-0.15, -0.1) is 0 Å². The molecule has 0 saturated carbocycles. The fourth-order valence-electron chi connectivity index (χ4n) is 0.342. The molecule has 0 radical (unpaired) electrons. The molecular formula is C5H4BrMnN. The number of halogens is 1. The third kappa shape index (κ3) is 2.46. The molecule has 0 saturated heterocycles. The van der Waals surface area contributed by atoms with E-state index in [0.717, 1.165) is 4.46 Å². The summed E-state index contributed by atoms with van der Waals surface area (Å²) in [5, 5.41) is 0. The Kier molecular flexibility index (Phi) is 4.15. The number of hydrogen-bond donors (Lipinski definition) is 0. The molecule has 0 amide bonds. The van der Waals surface area contributed by atoms with Gasteiger partial charge in [0.1, 0.15) is 0 Å². The van der Waals surface area contributed by atoms with Crippen LogP contribution in [0.25, 0.3) is 0 Å². The van der Waals surface area contributed by atoms with Crippen LogP contribution in [0.5, 0.6) is 0 Å². The van der Waals surface area contributed by atoms with Crippen molar-refractivity contribution >= 4 is 4.46 Å². The maximum atomic E-state index is 3.84. The Morgan fingerprint density at radius 2 is 2.25 bits per heavy atom. The van der Waals surface area contributed by atoms with E-state index in [4.69, 9.17) is 0 Å². The minimum absolute atomic E-state index is 0. The molecule has 0 unspecified atom stereocenters. The van der Waals surface area contributed by atoms with Gasteiger partial charge in [-0.3, -0.25) is 0 Å². The van der Waals surface area contributed by atoms with E-state index in [9.17, 15) is 0 Å². The summed E-state index contributed by atoms with van der Waals surface area (Å²) in [6.45, 7) is 0. The van der Waals surface area contributed by atoms with E-state index >= 15 is 0 Å². The molecule has 1 heterocycles. The van der Waals surface area contributed by atoms with Gasteiger partial charge in [0.05, 0.1) is 0 Å². The van der Waals surface area contributed by atoms with Crippen molar-refractivity contribution in [2.45, 2.75) is 0 Å². The number of aromatic nitrogens is 1. The van der Waals surface area contributed by atoms with Crippen LogP contribution in [0, 0.1) is 0 Å². The fourth-order valence-corrected chi connectivity index (χ4v) is 0.543. The average Bonchev–Trinajstić information content (AvgIpc) is 1.69. The molecule has 1 rings (SSSR count). The average molecular weight is 213 g/mol. The Labute approximate surface area is 67.1 Å². The molecule has 43 valence electrons. The Morgan fingerprint density at radius 1 is 1.50 bits per heavy atom. The molecule has 0 aliphatic carbocycles. The van der Waals surface area contributed by atoms with Gasteiger partial charge >= 0.3 is 50.0 Å². The van der Waals surface area contributed by atoms with Crippen LogP contribution in [0.15, 0.2) is 24.5 Å². The Morgan fingerprint density at radius 3 is 2.50 bits per heavy atom. The van der Waals surface area contributed by atoms with Gasteiger partial charge in [0.2, 0.25) is 0 Å². The molecule has 1 aromatic heterocycles. The summed E-state index contributed by atoms with van der Waals surface area (Å²) in [5.74, 6) is 0. The number of pyridine rings is 1. The summed E-state index contributed by atoms with van der Waals surface area (Å²) in [5.41, 5.74) is 0. The number of hydrogen-bond acceptors (Lipinski definition) is 1. The number of rotatable bonds is 0. The number of nitrogens with zero attached hydrogens (tertiary/aromatic N) is 1. The summed E-state index contributed by atoms with van der Waals surface area (Å²) in [7, 11) is 0. The molecule has 0 spiro atoms. The van der Waals surface area contributed by atoms with E-state index in [-0.39, 0.29) is 17.0 Å². The van der Waals surface area contributed by atoms with Crippen LogP contribution in [0.1, 0.15) is 0 Å². The summed E-state index contributed by atoms with van der Waals surface area (Å²) < 4.78 is 1.02. The topological polar surface area (TPSA) is 12.9 Å². The van der Waals surface area contributed by atoms with Crippen molar-refractivity contribution < 1.29 is 33.0 Å². The zero-order valence-corrected chi connectivity index (χ0v) is 6.78. The van der Waals surface area contributed by atoms with Gasteiger partial charge < -0.3 is 17.0 Å². The van der Waals surface area contributed by atoms with Gasteiger partial charge in [-0.25, -0.2) is 0 Å². The van der Waals surface area contributed by atoms with Gasteiger partial charge in [-0.2, -0.15) is 0 Å². The predicted octanol–water partition coefficient (Wildman–Crippen LogP) is -2.74. The molecule has 1 nitrogen and oxygen atoms in total. The van der Waals surface area contributed by atoms with Crippen LogP contribution in [-0.4, -0.2) is 4.98 Å². The van der Waals surface area contributed by atoms with Crippen LogP contribution < -0.4 is 21.4 Å². The van der Waals surface area contributed by atoms with Crippen LogP contribution in [-0.2, 0) is 16.0 Å². The zero-order valence-electron chi connectivity index (χ0n) is 4.01. The van der Waals surface area contributed by atoms with E-state index in [0.29, 0.717) is 0 Å². The van der Waals surface area contributed by atoms with Crippen molar-refractivity contribution in [3.63, 3.8) is 0 Å². The van der Waals surface area contributed by atoms with Gasteiger partial charge in [-0.05, 0) is 0 Å². The SMILES string of the molecule is [Br-].[Mn+][c]1cccnc1. The quantitative estimate of drug-likeness (QED) is 0.426. The summed E-state index contributed by atoms with van der Waals surface area (Å²) in [6, 6.07) is 3.82. The van der Waals surface area contributed by atoms with E-state index in [1.165, 1.54) is 0 Å². The maximum absolute atomic E-state index is 3.84. The molecule has 0 aliphatic rings. The second-order valence-corrected chi connectivity index (χ2v) is 1.85. The molecule has 0 aliphatic heterocycles. The Hall–Kier alpha value is 0.149. The molecule has 0 bridgehead atoms. The third-order valence-corrected chi connectivity index (χ3v) is 0.975. The van der Waals surface area contributed by atoms with Crippen LogP contribution in [0.3, 0.4) is 0 Å². The Bertz CT molecular complexity index is 142. The molecule has 0 N–H and O–H groups in total. The van der Waals surface area contributed by atoms with Crippen LogP contribution >= 0.6 is 0 Å². The summed E-state index contributed by atoms with van der Waals surface area (Å²) in [6.07, 6.45) is 3.49. The van der Waals surface area contributed by atoms with E-state index in [1.54, 1.807) is 12.4 Å². The van der Waals surface area contributed by atoms with Crippen molar-refractivity contribution in [1.82, 2.24) is 4.98 Å². The molecule has 8 heavy (non-hydrogen) atoms. The predicted molar refractivity (Wildman–Crippen MR) is 23.9 cm³/mol. The van der Waals surface area contributed by atoms with Crippen molar-refractivity contribution in [3.05, 3.63) is 24.5 Å². The molecular weight excluding hydrogens is 209 g/mol. The van der Waals surface area contributed by atoms with Gasteiger partial charge in [0.25, 0.3) is 0 Å². The van der Waals surface area contributed by atoms with Crippen molar-refractivity contribution in [3.8, 4) is 0 Å². The summed E-state index contributed by atoms with van der Waals surface area (Å²) in [4.78, 5) is 3.84. The molecule has 1 aromatic rings. The molecule has 0 atom stereocenters. The third-order valence-electron chi connectivity index (χ3n) is 0.625. The van der Waals surface area contributed by atoms with Crippen molar-refractivity contribution in [1.29, 1.82) is 0 Å². The molecule has 3 heteroatoms. The molecule has 0 fully saturated rings. The first-order chi connectivity index (χ1) is 3.39. The molecule has 0 aromatic carbocycles. The summed E-state index contributed by atoms with van der Waals surface area (Å²) >= 11 is 3.25. The van der Waals surface area contributed by atoms with E-state index in [1.807, 2.05) is 12.1 Å². The van der Waals surface area contributed by atoms with Crippen LogP contribution in [0.4, 0.5) is 0 Å². The first-order valence-corrected chi connectivity index (χ1v) is 2.54. The van der Waals surface area contributed by atoms with Crippen molar-refractivity contribution in [2.24, 2.45) is 0 Å². The van der Waals surface area contributed by atoms with Gasteiger partial charge in [-0.1, -0.05) is 0 Å². The zero-order chi connectivity index (χ0) is 5.11. The van der Waals surface area contributed by atoms with Gasteiger partial charge in [0, 0.05) is 0 Å². The van der Waals surface area contributed by atoms with Crippen molar-refractivity contribution in [2.75, 3.05) is 0 Å². The fraction of sp³-hybridized carbons (Fsp3) is 0. The second kappa shape index (κ2) is 4.07. The van der Waals surface area contributed by atoms with E-state index < -0.39 is 0 Å². The monoisotopic (exact) mass is 212 g/mol. The van der Waals surface area contributed by atoms with E-state index in [2.05, 4.69) is 21.0 Å². The first-order valence-electron chi connectivity index (χ1n) is 1.95. The van der Waals surface area contributed by atoms with Gasteiger partial charge in [0.15, 0.2) is 0 Å². The second-order valence-electron chi connectivity index (χ2n) is 1.17. The Balaban J connectivity index is 0.000000490. The normalized spacial score (nSPS) is 7.50.